The predicted octanol–water partition coefficient (Wildman–Crippen LogP) is 2.23. The van der Waals surface area contributed by atoms with Gasteiger partial charge in [-0.3, -0.25) is 4.79 Å². The molecule has 1 aliphatic rings. The van der Waals surface area contributed by atoms with Crippen molar-refractivity contribution in [2.75, 3.05) is 6.61 Å². The lowest BCUT2D eigenvalue weighted by Gasteiger charge is -2.05. The van der Waals surface area contributed by atoms with Crippen molar-refractivity contribution in [3.63, 3.8) is 0 Å². The van der Waals surface area contributed by atoms with Crippen molar-refractivity contribution in [2.45, 2.75) is 0 Å². The average Bonchev–Trinajstić information content (AvgIpc) is 2.52. The Hall–Kier alpha value is -1.29. The van der Waals surface area contributed by atoms with Gasteiger partial charge in [0, 0.05) is 0 Å². The van der Waals surface area contributed by atoms with Crippen molar-refractivity contribution in [3.8, 4) is 5.75 Å². The van der Waals surface area contributed by atoms with Gasteiger partial charge >= 0.3 is 5.95 Å². The first-order valence-corrected chi connectivity index (χ1v) is 4.85. The lowest BCUT2D eigenvalue weighted by Crippen LogP contribution is -1.96. The average molecular weight is 255 g/mol. The molecule has 1 aliphatic heterocycles. The third kappa shape index (κ3) is 1.80. The summed E-state index contributed by atoms with van der Waals surface area (Å²) in [6, 6.07) is 9.16. The van der Waals surface area contributed by atoms with Crippen LogP contribution in [0, 0.1) is 0 Å². The number of ketones is 1. The van der Waals surface area contributed by atoms with Gasteiger partial charge in [0.05, 0.1) is 0 Å². The van der Waals surface area contributed by atoms with Crippen molar-refractivity contribution in [1.82, 2.24) is 0 Å². The van der Waals surface area contributed by atoms with Gasteiger partial charge in [-0.25, -0.2) is 0 Å². The van der Waals surface area contributed by atoms with Crippen LogP contribution >= 0.6 is 15.9 Å². The first kappa shape index (κ1) is 9.27. The highest BCUT2D eigenvalue weighted by Gasteiger charge is 2.24. The Morgan fingerprint density at radius 3 is 2.57 bits per heavy atom. The topological polar surface area (TPSA) is 35.5 Å². The Bertz CT molecular complexity index is 384. The van der Waals surface area contributed by atoms with E-state index < -0.39 is 0 Å². The zero-order chi connectivity index (χ0) is 9.97. The van der Waals surface area contributed by atoms with Gasteiger partial charge in [0.2, 0.25) is 5.78 Å². The molecule has 0 atom stereocenters. The van der Waals surface area contributed by atoms with Crippen molar-refractivity contribution < 1.29 is 14.3 Å². The molecule has 14 heavy (non-hydrogen) atoms. The van der Waals surface area contributed by atoms with Crippen LogP contribution in [0.15, 0.2) is 40.8 Å². The van der Waals surface area contributed by atoms with E-state index in [1.165, 1.54) is 0 Å². The fourth-order valence-electron chi connectivity index (χ4n) is 1.04. The number of benzene rings is 1. The van der Waals surface area contributed by atoms with Crippen LogP contribution < -0.4 is 4.74 Å². The van der Waals surface area contributed by atoms with E-state index in [0.29, 0.717) is 10.2 Å². The maximum atomic E-state index is 11.1. The Morgan fingerprint density at radius 2 is 2.00 bits per heavy atom. The van der Waals surface area contributed by atoms with Gasteiger partial charge in [0.15, 0.2) is 6.61 Å². The molecular weight excluding hydrogens is 248 g/mol. The van der Waals surface area contributed by atoms with E-state index in [9.17, 15) is 4.79 Å². The molecule has 0 fully saturated rings. The van der Waals surface area contributed by atoms with Gasteiger partial charge < -0.3 is 9.47 Å². The lowest BCUT2D eigenvalue weighted by molar-refractivity contribution is -0.116. The molecule has 0 aromatic heterocycles. The maximum Gasteiger partial charge on any atom is 0.303 e. The summed E-state index contributed by atoms with van der Waals surface area (Å²) in [5, 5.41) is 0. The largest absolute Gasteiger partial charge is 0.456 e. The summed E-state index contributed by atoms with van der Waals surface area (Å²) in [6.07, 6.45) is 0. The van der Waals surface area contributed by atoms with Gasteiger partial charge in [-0.05, 0) is 28.1 Å². The van der Waals surface area contributed by atoms with Gasteiger partial charge in [0.25, 0.3) is 0 Å². The standard InChI is InChI=1S/C10H7BrO3/c11-9-8(12)6-13-10(9)14-7-4-2-1-3-5-7/h1-5H,6H2. The number of hydrogen-bond donors (Lipinski definition) is 0. The van der Waals surface area contributed by atoms with E-state index >= 15 is 0 Å². The predicted molar refractivity (Wildman–Crippen MR) is 54.0 cm³/mol. The Morgan fingerprint density at radius 1 is 1.29 bits per heavy atom. The minimum Gasteiger partial charge on any atom is -0.456 e. The molecule has 1 aromatic rings. The van der Waals surface area contributed by atoms with Crippen LogP contribution in [0.4, 0.5) is 0 Å². The van der Waals surface area contributed by atoms with Crippen LogP contribution in [0.2, 0.25) is 0 Å². The molecule has 1 aromatic carbocycles. The molecule has 2 rings (SSSR count). The Kier molecular flexibility index (Phi) is 2.54. The molecule has 0 N–H and O–H groups in total. The first-order valence-electron chi connectivity index (χ1n) is 4.06. The van der Waals surface area contributed by atoms with Crippen molar-refractivity contribution in [2.24, 2.45) is 0 Å². The minimum atomic E-state index is -0.101. The summed E-state index contributed by atoms with van der Waals surface area (Å²) in [5.74, 6) is 0.784. The molecular formula is C10H7BrO3. The molecule has 0 amide bonds. The van der Waals surface area contributed by atoms with E-state index in [2.05, 4.69) is 15.9 Å². The van der Waals surface area contributed by atoms with Crippen molar-refractivity contribution >= 4 is 21.7 Å². The molecule has 0 spiro atoms. The summed E-state index contributed by atoms with van der Waals surface area (Å²) in [6.45, 7) is 0.0444. The second-order valence-electron chi connectivity index (χ2n) is 2.73. The van der Waals surface area contributed by atoms with Gasteiger partial charge in [-0.1, -0.05) is 18.2 Å². The summed E-state index contributed by atoms with van der Waals surface area (Å²) in [5.41, 5.74) is 0. The molecule has 0 saturated heterocycles. The fraction of sp³-hybridized carbons (Fsp3) is 0.100. The number of carbonyl (C=O) groups is 1. The second-order valence-corrected chi connectivity index (χ2v) is 3.52. The summed E-state index contributed by atoms with van der Waals surface area (Å²) < 4.78 is 10.8. The number of halogens is 1. The van der Waals surface area contributed by atoms with E-state index in [1.54, 1.807) is 12.1 Å². The molecule has 0 bridgehead atoms. The van der Waals surface area contributed by atoms with E-state index in [0.717, 1.165) is 0 Å². The molecule has 0 saturated carbocycles. The molecule has 3 nitrogen and oxygen atoms in total. The number of ether oxygens (including phenoxy) is 2. The number of carbonyl (C=O) groups excluding carboxylic acids is 1. The fourth-order valence-corrected chi connectivity index (χ4v) is 1.35. The van der Waals surface area contributed by atoms with Gasteiger partial charge in [-0.2, -0.15) is 0 Å². The molecule has 0 aliphatic carbocycles. The Labute approximate surface area is 89.5 Å². The number of Topliss-reactive ketones (excluding diaryl/α,β-unsaturated/α-hetero) is 1. The van der Waals surface area contributed by atoms with Crippen molar-refractivity contribution in [3.05, 3.63) is 40.8 Å². The van der Waals surface area contributed by atoms with Crippen LogP contribution in [0.5, 0.6) is 5.75 Å². The van der Waals surface area contributed by atoms with Crippen LogP contribution in [0.3, 0.4) is 0 Å². The molecule has 1 heterocycles. The quantitative estimate of drug-likeness (QED) is 0.812. The summed E-state index contributed by atoms with van der Waals surface area (Å²) in [4.78, 5) is 11.1. The summed E-state index contributed by atoms with van der Waals surface area (Å²) >= 11 is 3.11. The summed E-state index contributed by atoms with van der Waals surface area (Å²) in [7, 11) is 0. The zero-order valence-corrected chi connectivity index (χ0v) is 8.78. The molecule has 0 radical (unpaired) electrons. The van der Waals surface area contributed by atoms with Gasteiger partial charge in [-0.15, -0.1) is 0 Å². The van der Waals surface area contributed by atoms with Crippen LogP contribution in [-0.4, -0.2) is 12.4 Å². The third-order valence-corrected chi connectivity index (χ3v) is 2.48. The minimum absolute atomic E-state index is 0.0444. The van der Waals surface area contributed by atoms with Crippen LogP contribution in [-0.2, 0) is 9.53 Å². The highest BCUT2D eigenvalue weighted by molar-refractivity contribution is 9.12. The molecule has 0 unspecified atom stereocenters. The highest BCUT2D eigenvalue weighted by Crippen LogP contribution is 2.24. The Balaban J connectivity index is 2.17. The lowest BCUT2D eigenvalue weighted by atomic mass is 10.3. The first-order chi connectivity index (χ1) is 6.77. The normalized spacial score (nSPS) is 15.6. The van der Waals surface area contributed by atoms with Crippen LogP contribution in [0.25, 0.3) is 0 Å². The zero-order valence-electron chi connectivity index (χ0n) is 7.20. The SMILES string of the molecule is O=C1COC(Oc2ccccc2)=C1Br. The number of hydrogen-bond acceptors (Lipinski definition) is 3. The van der Waals surface area contributed by atoms with E-state index in [-0.39, 0.29) is 18.3 Å². The number of para-hydroxylation sites is 1. The highest BCUT2D eigenvalue weighted by atomic mass is 79.9. The molecule has 72 valence electrons. The monoisotopic (exact) mass is 254 g/mol. The van der Waals surface area contributed by atoms with E-state index in [4.69, 9.17) is 9.47 Å². The van der Waals surface area contributed by atoms with E-state index in [1.807, 2.05) is 18.2 Å². The van der Waals surface area contributed by atoms with Gasteiger partial charge in [0.1, 0.15) is 10.2 Å². The maximum absolute atomic E-state index is 11.1. The number of rotatable bonds is 2. The molecule has 4 heteroatoms. The smallest absolute Gasteiger partial charge is 0.303 e. The van der Waals surface area contributed by atoms with Crippen molar-refractivity contribution in [1.29, 1.82) is 0 Å². The second kappa shape index (κ2) is 3.84. The third-order valence-electron chi connectivity index (χ3n) is 1.71. The van der Waals surface area contributed by atoms with Crippen LogP contribution in [0.1, 0.15) is 0 Å².